The third-order valence-electron chi connectivity index (χ3n) is 6.99. The van der Waals surface area contributed by atoms with Gasteiger partial charge in [0.2, 0.25) is 0 Å². The Morgan fingerprint density at radius 1 is 0.970 bits per heavy atom. The van der Waals surface area contributed by atoms with Gasteiger partial charge in [0, 0.05) is 37.3 Å². The van der Waals surface area contributed by atoms with Gasteiger partial charge in [0.1, 0.15) is 0 Å². The number of piperidine rings is 1. The molecule has 1 fully saturated rings. The number of hydrogen-bond acceptors (Lipinski definition) is 3. The van der Waals surface area contributed by atoms with Crippen molar-refractivity contribution in [2.75, 3.05) is 13.1 Å². The van der Waals surface area contributed by atoms with Crippen LogP contribution in [0.25, 0.3) is 16.5 Å². The van der Waals surface area contributed by atoms with E-state index in [0.717, 1.165) is 52.7 Å². The van der Waals surface area contributed by atoms with Crippen LogP contribution >= 0.6 is 0 Å². The fourth-order valence-corrected chi connectivity index (χ4v) is 5.10. The zero-order valence-corrected chi connectivity index (χ0v) is 19.2. The van der Waals surface area contributed by atoms with Gasteiger partial charge in [0.15, 0.2) is 5.78 Å². The molecule has 0 bridgehead atoms. The fraction of sp³-hybridized carbons (Fsp3) is 0.286. The van der Waals surface area contributed by atoms with Crippen molar-refractivity contribution < 1.29 is 4.79 Å². The minimum Gasteiger partial charge on any atom is -0.298 e. The number of hydrogen-bond donors (Lipinski definition) is 0. The third-order valence-corrected chi connectivity index (χ3v) is 6.99. The minimum absolute atomic E-state index is 0.0173. The Balaban J connectivity index is 1.39. The molecule has 2 heterocycles. The van der Waals surface area contributed by atoms with Crippen LogP contribution in [-0.2, 0) is 13.6 Å². The van der Waals surface area contributed by atoms with E-state index in [1.54, 1.807) is 4.68 Å². The molecule has 33 heavy (non-hydrogen) atoms. The molecule has 4 aromatic rings. The number of benzene rings is 3. The molecule has 0 radical (unpaired) electrons. The number of nitrogens with zero attached hydrogens (tertiary/aromatic N) is 3. The van der Waals surface area contributed by atoms with E-state index in [0.29, 0.717) is 13.1 Å². The number of carbonyl (C=O) groups is 1. The smallest absolute Gasteiger partial charge is 0.276 e. The maximum atomic E-state index is 13.5. The highest BCUT2D eigenvalue weighted by molar-refractivity contribution is 6.09. The predicted octanol–water partition coefficient (Wildman–Crippen LogP) is 4.73. The summed E-state index contributed by atoms with van der Waals surface area (Å²) in [6.45, 7) is 4.15. The number of carbonyl (C=O) groups excluding carboxylic acids is 1. The van der Waals surface area contributed by atoms with E-state index in [2.05, 4.69) is 17.0 Å². The van der Waals surface area contributed by atoms with E-state index >= 15 is 0 Å². The predicted molar refractivity (Wildman–Crippen MR) is 132 cm³/mol. The molecule has 0 N–H and O–H groups in total. The van der Waals surface area contributed by atoms with Crippen molar-refractivity contribution in [2.24, 2.45) is 13.0 Å². The number of likely N-dealkylation sites (tertiary alicyclic amines) is 1. The number of aromatic nitrogens is 2. The molecule has 3 aromatic carbocycles. The van der Waals surface area contributed by atoms with Gasteiger partial charge in [-0.3, -0.25) is 19.2 Å². The van der Waals surface area contributed by atoms with Crippen molar-refractivity contribution in [1.29, 1.82) is 0 Å². The Morgan fingerprint density at radius 3 is 2.52 bits per heavy atom. The minimum atomic E-state index is -0.0510. The Bertz CT molecular complexity index is 1360. The second-order valence-electron chi connectivity index (χ2n) is 9.01. The summed E-state index contributed by atoms with van der Waals surface area (Å²) in [4.78, 5) is 29.1. The van der Waals surface area contributed by atoms with Gasteiger partial charge in [-0.1, -0.05) is 60.7 Å². The molecule has 0 aliphatic carbocycles. The van der Waals surface area contributed by atoms with Gasteiger partial charge in [0.25, 0.3) is 5.56 Å². The van der Waals surface area contributed by atoms with Crippen molar-refractivity contribution in [2.45, 2.75) is 26.3 Å². The van der Waals surface area contributed by atoms with E-state index in [4.69, 9.17) is 0 Å². The third kappa shape index (κ3) is 3.93. The summed E-state index contributed by atoms with van der Waals surface area (Å²) < 4.78 is 3.66. The first-order chi connectivity index (χ1) is 16.0. The van der Waals surface area contributed by atoms with Crippen LogP contribution in [0.2, 0.25) is 0 Å². The molecule has 1 aliphatic heterocycles. The Hall–Kier alpha value is -3.44. The van der Waals surface area contributed by atoms with Crippen LogP contribution in [0.15, 0.2) is 77.6 Å². The SMILES string of the molecule is Cc1c(CN2CCCC(C(=O)c3cccc4ccccc34)C2)c(=O)n(-c2ccccc2)n1C. The first kappa shape index (κ1) is 21.4. The summed E-state index contributed by atoms with van der Waals surface area (Å²) in [6.07, 6.45) is 1.85. The number of rotatable bonds is 5. The second-order valence-corrected chi connectivity index (χ2v) is 9.01. The van der Waals surface area contributed by atoms with Crippen molar-refractivity contribution in [3.63, 3.8) is 0 Å². The second kappa shape index (κ2) is 8.83. The lowest BCUT2D eigenvalue weighted by Crippen LogP contribution is -2.39. The molecule has 5 nitrogen and oxygen atoms in total. The number of para-hydroxylation sites is 1. The van der Waals surface area contributed by atoms with Crippen LogP contribution in [0, 0.1) is 12.8 Å². The maximum Gasteiger partial charge on any atom is 0.276 e. The molecule has 168 valence electrons. The monoisotopic (exact) mass is 439 g/mol. The van der Waals surface area contributed by atoms with Crippen LogP contribution in [0.4, 0.5) is 0 Å². The van der Waals surface area contributed by atoms with Crippen molar-refractivity contribution in [3.8, 4) is 5.69 Å². The number of ketones is 1. The topological polar surface area (TPSA) is 47.2 Å². The Morgan fingerprint density at radius 2 is 1.70 bits per heavy atom. The van der Waals surface area contributed by atoms with E-state index in [1.165, 1.54) is 0 Å². The highest BCUT2D eigenvalue weighted by Gasteiger charge is 2.29. The molecule has 1 aromatic heterocycles. The largest absolute Gasteiger partial charge is 0.298 e. The Labute approximate surface area is 193 Å². The Kier molecular flexibility index (Phi) is 5.73. The van der Waals surface area contributed by atoms with E-state index in [-0.39, 0.29) is 17.3 Å². The van der Waals surface area contributed by atoms with Gasteiger partial charge in [-0.15, -0.1) is 0 Å². The van der Waals surface area contributed by atoms with Crippen molar-refractivity contribution in [1.82, 2.24) is 14.3 Å². The highest BCUT2D eigenvalue weighted by atomic mass is 16.1. The summed E-state index contributed by atoms with van der Waals surface area (Å²) in [5, 5.41) is 2.11. The zero-order chi connectivity index (χ0) is 22.9. The first-order valence-corrected chi connectivity index (χ1v) is 11.6. The van der Waals surface area contributed by atoms with E-state index in [9.17, 15) is 9.59 Å². The van der Waals surface area contributed by atoms with Gasteiger partial charge < -0.3 is 0 Å². The van der Waals surface area contributed by atoms with Gasteiger partial charge in [-0.2, -0.15) is 0 Å². The van der Waals surface area contributed by atoms with Gasteiger partial charge in [-0.25, -0.2) is 4.68 Å². The van der Waals surface area contributed by atoms with Crippen LogP contribution in [-0.4, -0.2) is 33.1 Å². The van der Waals surface area contributed by atoms with Crippen LogP contribution in [0.3, 0.4) is 0 Å². The summed E-state index contributed by atoms with van der Waals surface area (Å²) in [6, 6.07) is 23.8. The van der Waals surface area contributed by atoms with E-state index < -0.39 is 0 Å². The molecule has 5 rings (SSSR count). The number of fused-ring (bicyclic) bond motifs is 1. The summed E-state index contributed by atoms with van der Waals surface area (Å²) in [5.41, 5.74) is 3.46. The summed E-state index contributed by atoms with van der Waals surface area (Å²) in [5.74, 6) is 0.160. The van der Waals surface area contributed by atoms with Gasteiger partial charge in [-0.05, 0) is 49.2 Å². The molecule has 5 heteroatoms. The van der Waals surface area contributed by atoms with Crippen molar-refractivity contribution in [3.05, 3.63) is 100.0 Å². The average Bonchev–Trinajstić information content (AvgIpc) is 3.07. The standard InChI is InChI=1S/C28H29N3O2/c1-20-26(28(33)31(29(20)2)23-13-4-3-5-14-23)19-30-17-9-12-22(18-30)27(32)25-16-8-11-21-10-6-7-15-24(21)25/h3-8,10-11,13-16,22H,9,12,17-19H2,1-2H3. The molecule has 1 aliphatic rings. The molecule has 0 spiro atoms. The average molecular weight is 440 g/mol. The lowest BCUT2D eigenvalue weighted by molar-refractivity contribution is 0.0813. The van der Waals surface area contributed by atoms with Gasteiger partial charge >= 0.3 is 0 Å². The molecule has 0 amide bonds. The number of Topliss-reactive ketones (excluding diaryl/α,β-unsaturated/α-hetero) is 1. The summed E-state index contributed by atoms with van der Waals surface area (Å²) in [7, 11) is 1.93. The molecule has 1 atom stereocenters. The fourth-order valence-electron chi connectivity index (χ4n) is 5.10. The molecular weight excluding hydrogens is 410 g/mol. The first-order valence-electron chi connectivity index (χ1n) is 11.6. The molecule has 1 unspecified atom stereocenters. The summed E-state index contributed by atoms with van der Waals surface area (Å²) >= 11 is 0. The highest BCUT2D eigenvalue weighted by Crippen LogP contribution is 2.26. The molecule has 0 saturated carbocycles. The molecule has 1 saturated heterocycles. The zero-order valence-electron chi connectivity index (χ0n) is 19.2. The van der Waals surface area contributed by atoms with Crippen LogP contribution < -0.4 is 5.56 Å². The quantitative estimate of drug-likeness (QED) is 0.422. The molecular formula is C28H29N3O2. The van der Waals surface area contributed by atoms with Crippen LogP contribution in [0.1, 0.15) is 34.5 Å². The van der Waals surface area contributed by atoms with Crippen molar-refractivity contribution >= 4 is 16.6 Å². The van der Waals surface area contributed by atoms with E-state index in [1.807, 2.05) is 79.3 Å². The normalized spacial score (nSPS) is 16.8. The maximum absolute atomic E-state index is 13.5. The lowest BCUT2D eigenvalue weighted by atomic mass is 9.88. The van der Waals surface area contributed by atoms with Crippen LogP contribution in [0.5, 0.6) is 0 Å². The van der Waals surface area contributed by atoms with Gasteiger partial charge in [0.05, 0.1) is 11.3 Å². The lowest BCUT2D eigenvalue weighted by Gasteiger charge is -2.32.